The lowest BCUT2D eigenvalue weighted by Crippen LogP contribution is -2.27. The van der Waals surface area contributed by atoms with E-state index in [-0.39, 0.29) is 11.4 Å². The SMILES string of the molecule is CCc1ccc(S(=O)(=O)N(C)Cc2nccn2C)cc1N. The zero-order valence-corrected chi connectivity index (χ0v) is 13.3. The van der Waals surface area contributed by atoms with Crippen LogP contribution in [0.5, 0.6) is 0 Å². The fraction of sp³-hybridized carbons (Fsp3) is 0.357. The predicted molar refractivity (Wildman–Crippen MR) is 82.1 cm³/mol. The smallest absolute Gasteiger partial charge is 0.243 e. The summed E-state index contributed by atoms with van der Waals surface area (Å²) in [6, 6.07) is 4.87. The van der Waals surface area contributed by atoms with Crippen molar-refractivity contribution in [2.45, 2.75) is 24.8 Å². The third kappa shape index (κ3) is 3.08. The molecule has 2 aromatic rings. The lowest BCUT2D eigenvalue weighted by Gasteiger charge is -2.17. The van der Waals surface area contributed by atoms with Gasteiger partial charge in [0, 0.05) is 32.2 Å². The molecule has 1 aromatic heterocycles. The van der Waals surface area contributed by atoms with Gasteiger partial charge in [-0.15, -0.1) is 0 Å². The standard InChI is InChI=1S/C14H20N4O2S/c1-4-11-5-6-12(9-13(11)15)21(19,20)18(3)10-14-16-7-8-17(14)2/h5-9H,4,10,15H2,1-3H3. The number of aryl methyl sites for hydroxylation is 2. The highest BCUT2D eigenvalue weighted by Gasteiger charge is 2.22. The maximum atomic E-state index is 12.6. The van der Waals surface area contributed by atoms with Crippen molar-refractivity contribution in [2.24, 2.45) is 7.05 Å². The predicted octanol–water partition coefficient (Wildman–Crippen LogP) is 1.39. The Morgan fingerprint density at radius 2 is 2.10 bits per heavy atom. The van der Waals surface area contributed by atoms with Gasteiger partial charge in [-0.25, -0.2) is 13.4 Å². The number of aromatic nitrogens is 2. The van der Waals surface area contributed by atoms with Gasteiger partial charge in [0.15, 0.2) is 0 Å². The highest BCUT2D eigenvalue weighted by molar-refractivity contribution is 7.89. The molecular weight excluding hydrogens is 288 g/mol. The molecule has 0 atom stereocenters. The number of sulfonamides is 1. The maximum Gasteiger partial charge on any atom is 0.243 e. The van der Waals surface area contributed by atoms with Gasteiger partial charge in [0.25, 0.3) is 0 Å². The third-order valence-electron chi connectivity index (χ3n) is 3.49. The zero-order valence-electron chi connectivity index (χ0n) is 12.4. The van der Waals surface area contributed by atoms with Gasteiger partial charge in [-0.1, -0.05) is 13.0 Å². The van der Waals surface area contributed by atoms with E-state index >= 15 is 0 Å². The molecular formula is C14H20N4O2S. The first-order chi connectivity index (χ1) is 9.86. The van der Waals surface area contributed by atoms with Gasteiger partial charge in [-0.3, -0.25) is 0 Å². The van der Waals surface area contributed by atoms with Crippen LogP contribution in [-0.4, -0.2) is 29.3 Å². The topological polar surface area (TPSA) is 81.2 Å². The molecule has 2 N–H and O–H groups in total. The minimum atomic E-state index is -3.58. The first-order valence-corrected chi connectivity index (χ1v) is 8.11. The van der Waals surface area contributed by atoms with E-state index in [0.717, 1.165) is 12.0 Å². The molecule has 0 aliphatic heterocycles. The van der Waals surface area contributed by atoms with Crippen molar-refractivity contribution in [1.29, 1.82) is 0 Å². The molecule has 0 saturated carbocycles. The molecule has 0 aliphatic carbocycles. The van der Waals surface area contributed by atoms with Crippen LogP contribution in [0.15, 0.2) is 35.5 Å². The molecule has 6 nitrogen and oxygen atoms in total. The number of imidazole rings is 1. The average Bonchev–Trinajstić information content (AvgIpc) is 2.84. The van der Waals surface area contributed by atoms with E-state index in [4.69, 9.17) is 5.73 Å². The first-order valence-electron chi connectivity index (χ1n) is 6.67. The molecule has 114 valence electrons. The van der Waals surface area contributed by atoms with E-state index in [9.17, 15) is 8.42 Å². The van der Waals surface area contributed by atoms with Crippen LogP contribution in [0, 0.1) is 0 Å². The fourth-order valence-electron chi connectivity index (χ4n) is 2.07. The summed E-state index contributed by atoms with van der Waals surface area (Å²) in [7, 11) is -0.213. The quantitative estimate of drug-likeness (QED) is 0.846. The van der Waals surface area contributed by atoms with Crippen LogP contribution in [0.25, 0.3) is 0 Å². The number of benzene rings is 1. The summed E-state index contributed by atoms with van der Waals surface area (Å²) in [5, 5.41) is 0. The second-order valence-electron chi connectivity index (χ2n) is 4.93. The van der Waals surface area contributed by atoms with Crippen LogP contribution in [-0.2, 0) is 30.0 Å². The number of rotatable bonds is 5. The van der Waals surface area contributed by atoms with Crippen molar-refractivity contribution in [2.75, 3.05) is 12.8 Å². The largest absolute Gasteiger partial charge is 0.398 e. The highest BCUT2D eigenvalue weighted by atomic mass is 32.2. The van der Waals surface area contributed by atoms with Gasteiger partial charge in [0.2, 0.25) is 10.0 Å². The Kier molecular flexibility index (Phi) is 4.34. The summed E-state index contributed by atoms with van der Waals surface area (Å²) in [6.07, 6.45) is 4.20. The average molecular weight is 308 g/mol. The van der Waals surface area contributed by atoms with Crippen molar-refractivity contribution < 1.29 is 8.42 Å². The summed E-state index contributed by atoms with van der Waals surface area (Å²) >= 11 is 0. The Hall–Kier alpha value is -1.86. The normalized spacial score (nSPS) is 12.0. The van der Waals surface area contributed by atoms with Crippen LogP contribution < -0.4 is 5.73 Å². The van der Waals surface area contributed by atoms with Gasteiger partial charge in [0.1, 0.15) is 5.82 Å². The van der Waals surface area contributed by atoms with E-state index in [1.54, 1.807) is 29.1 Å². The number of nitrogens with zero attached hydrogens (tertiary/aromatic N) is 3. The van der Waals surface area contributed by atoms with E-state index in [1.807, 2.05) is 14.0 Å². The molecule has 7 heteroatoms. The number of hydrogen-bond acceptors (Lipinski definition) is 4. The number of nitrogen functional groups attached to an aromatic ring is 1. The minimum absolute atomic E-state index is 0.203. The van der Waals surface area contributed by atoms with Crippen molar-refractivity contribution in [3.8, 4) is 0 Å². The van der Waals surface area contributed by atoms with E-state index in [2.05, 4.69) is 4.98 Å². The molecule has 0 fully saturated rings. The summed E-state index contributed by atoms with van der Waals surface area (Å²) < 4.78 is 28.2. The third-order valence-corrected chi connectivity index (χ3v) is 5.29. The second kappa shape index (κ2) is 5.87. The van der Waals surface area contributed by atoms with E-state index < -0.39 is 10.0 Å². The molecule has 1 heterocycles. The monoisotopic (exact) mass is 308 g/mol. The van der Waals surface area contributed by atoms with Crippen LogP contribution >= 0.6 is 0 Å². The minimum Gasteiger partial charge on any atom is -0.398 e. The number of anilines is 1. The lowest BCUT2D eigenvalue weighted by atomic mass is 10.1. The molecule has 0 amide bonds. The molecule has 0 unspecified atom stereocenters. The number of nitrogens with two attached hydrogens (primary N) is 1. The van der Waals surface area contributed by atoms with E-state index in [1.165, 1.54) is 17.4 Å². The van der Waals surface area contributed by atoms with Crippen molar-refractivity contribution in [3.63, 3.8) is 0 Å². The summed E-state index contributed by atoms with van der Waals surface area (Å²) in [5.74, 6) is 0.680. The zero-order chi connectivity index (χ0) is 15.6. The summed E-state index contributed by atoms with van der Waals surface area (Å²) in [4.78, 5) is 4.34. The Bertz CT molecular complexity index is 737. The van der Waals surface area contributed by atoms with Crippen LogP contribution in [0.4, 0.5) is 5.69 Å². The van der Waals surface area contributed by atoms with Gasteiger partial charge in [-0.05, 0) is 24.1 Å². The Labute approximate surface area is 125 Å². The molecule has 0 bridgehead atoms. The molecule has 0 spiro atoms. The van der Waals surface area contributed by atoms with Gasteiger partial charge < -0.3 is 10.3 Å². The summed E-state index contributed by atoms with van der Waals surface area (Å²) in [5.41, 5.74) is 7.34. The molecule has 0 radical (unpaired) electrons. The molecule has 0 aliphatic rings. The maximum absolute atomic E-state index is 12.6. The number of hydrogen-bond donors (Lipinski definition) is 1. The summed E-state index contributed by atoms with van der Waals surface area (Å²) in [6.45, 7) is 2.19. The van der Waals surface area contributed by atoms with Gasteiger partial charge >= 0.3 is 0 Å². The van der Waals surface area contributed by atoms with E-state index in [0.29, 0.717) is 11.5 Å². The van der Waals surface area contributed by atoms with Crippen molar-refractivity contribution >= 4 is 15.7 Å². The Morgan fingerprint density at radius 3 is 2.62 bits per heavy atom. The van der Waals surface area contributed by atoms with Crippen LogP contribution in [0.1, 0.15) is 18.3 Å². The fourth-order valence-corrected chi connectivity index (χ4v) is 3.23. The van der Waals surface area contributed by atoms with Gasteiger partial charge in [-0.2, -0.15) is 4.31 Å². The van der Waals surface area contributed by atoms with Crippen LogP contribution in [0.2, 0.25) is 0 Å². The molecule has 0 saturated heterocycles. The van der Waals surface area contributed by atoms with Crippen molar-refractivity contribution in [3.05, 3.63) is 42.0 Å². The Balaban J connectivity index is 2.29. The molecule has 1 aromatic carbocycles. The Morgan fingerprint density at radius 1 is 1.38 bits per heavy atom. The lowest BCUT2D eigenvalue weighted by molar-refractivity contribution is 0.451. The first kappa shape index (κ1) is 15.5. The molecule has 21 heavy (non-hydrogen) atoms. The second-order valence-corrected chi connectivity index (χ2v) is 6.97. The van der Waals surface area contributed by atoms with Crippen molar-refractivity contribution in [1.82, 2.24) is 13.9 Å². The molecule has 2 rings (SSSR count). The highest BCUT2D eigenvalue weighted by Crippen LogP contribution is 2.21. The van der Waals surface area contributed by atoms with Gasteiger partial charge in [0.05, 0.1) is 11.4 Å². The van der Waals surface area contributed by atoms with Crippen LogP contribution in [0.3, 0.4) is 0 Å².